The van der Waals surface area contributed by atoms with Crippen LogP contribution in [0.15, 0.2) is 24.3 Å². The average Bonchev–Trinajstić information content (AvgIpc) is 2.70. The van der Waals surface area contributed by atoms with Gasteiger partial charge in [-0.3, -0.25) is 14.9 Å². The topological polar surface area (TPSA) is 63.5 Å². The van der Waals surface area contributed by atoms with Crippen LogP contribution in [0.3, 0.4) is 0 Å². The molecule has 1 heterocycles. The fourth-order valence-corrected chi connectivity index (χ4v) is 2.17. The van der Waals surface area contributed by atoms with Gasteiger partial charge in [0.1, 0.15) is 5.69 Å². The lowest BCUT2D eigenvalue weighted by atomic mass is 10.1. The first-order valence-electron chi connectivity index (χ1n) is 5.23. The second-order valence-corrected chi connectivity index (χ2v) is 4.28. The van der Waals surface area contributed by atoms with Gasteiger partial charge in [-0.25, -0.2) is 0 Å². The van der Waals surface area contributed by atoms with Crippen LogP contribution in [-0.2, 0) is 4.79 Å². The molecule has 5 nitrogen and oxygen atoms in total. The lowest BCUT2D eigenvalue weighted by molar-refractivity contribution is -0.384. The van der Waals surface area contributed by atoms with Gasteiger partial charge < -0.3 is 4.90 Å². The summed E-state index contributed by atoms with van der Waals surface area (Å²) in [5, 5.41) is 10.9. The van der Waals surface area contributed by atoms with E-state index in [1.807, 2.05) is 0 Å². The lowest BCUT2D eigenvalue weighted by Gasteiger charge is -2.16. The summed E-state index contributed by atoms with van der Waals surface area (Å²) in [5.74, 6) is 0.358. The largest absolute Gasteiger partial charge is 0.306 e. The third-order valence-electron chi connectivity index (χ3n) is 2.79. The summed E-state index contributed by atoms with van der Waals surface area (Å²) in [7, 11) is 0. The second-order valence-electron chi connectivity index (χ2n) is 3.97. The van der Waals surface area contributed by atoms with E-state index in [9.17, 15) is 14.9 Å². The average molecular weight is 255 g/mol. The van der Waals surface area contributed by atoms with Crippen LogP contribution < -0.4 is 4.90 Å². The molecule has 1 atom stereocenters. The van der Waals surface area contributed by atoms with Crippen LogP contribution >= 0.6 is 11.6 Å². The fraction of sp³-hybridized carbons (Fsp3) is 0.364. The molecule has 1 aliphatic rings. The van der Waals surface area contributed by atoms with Crippen molar-refractivity contribution in [3.63, 3.8) is 0 Å². The Morgan fingerprint density at radius 3 is 2.76 bits per heavy atom. The van der Waals surface area contributed by atoms with Crippen LogP contribution in [0.1, 0.15) is 6.42 Å². The van der Waals surface area contributed by atoms with Gasteiger partial charge >= 0.3 is 0 Å². The first-order chi connectivity index (χ1) is 8.13. The molecule has 0 bridgehead atoms. The van der Waals surface area contributed by atoms with Crippen LogP contribution in [0.25, 0.3) is 0 Å². The maximum atomic E-state index is 11.8. The van der Waals surface area contributed by atoms with Crippen LogP contribution in [0.2, 0.25) is 0 Å². The molecule has 1 fully saturated rings. The third kappa shape index (κ3) is 2.24. The molecule has 0 aliphatic carbocycles. The zero-order valence-electron chi connectivity index (χ0n) is 9.01. The Morgan fingerprint density at radius 1 is 1.47 bits per heavy atom. The molecule has 1 aliphatic heterocycles. The van der Waals surface area contributed by atoms with Gasteiger partial charge in [-0.1, -0.05) is 12.1 Å². The van der Waals surface area contributed by atoms with E-state index >= 15 is 0 Å². The predicted octanol–water partition coefficient (Wildman–Crippen LogP) is 2.19. The molecule has 0 N–H and O–H groups in total. The number of hydrogen-bond donors (Lipinski definition) is 0. The number of nitro groups is 1. The number of amides is 1. The SMILES string of the molecule is O=C1CC(CCl)CN1c1ccccc1[N+](=O)[O-]. The first-order valence-corrected chi connectivity index (χ1v) is 5.76. The van der Waals surface area contributed by atoms with Crippen molar-refractivity contribution in [2.45, 2.75) is 6.42 Å². The molecule has 0 radical (unpaired) electrons. The van der Waals surface area contributed by atoms with E-state index in [0.717, 1.165) is 0 Å². The summed E-state index contributed by atoms with van der Waals surface area (Å²) in [6.07, 6.45) is 0.357. The van der Waals surface area contributed by atoms with Crippen molar-refractivity contribution in [2.24, 2.45) is 5.92 Å². The predicted molar refractivity (Wildman–Crippen MR) is 64.3 cm³/mol. The molecule has 0 aromatic heterocycles. The fourth-order valence-electron chi connectivity index (χ4n) is 1.96. The van der Waals surface area contributed by atoms with Crippen molar-refractivity contribution in [3.8, 4) is 0 Å². The summed E-state index contributed by atoms with van der Waals surface area (Å²) in [6, 6.07) is 6.26. The van der Waals surface area contributed by atoms with E-state index in [2.05, 4.69) is 0 Å². The number of alkyl halides is 1. The smallest absolute Gasteiger partial charge is 0.292 e. The van der Waals surface area contributed by atoms with Crippen molar-refractivity contribution in [3.05, 3.63) is 34.4 Å². The minimum atomic E-state index is -0.476. The third-order valence-corrected chi connectivity index (χ3v) is 3.23. The van der Waals surface area contributed by atoms with Crippen molar-refractivity contribution in [1.29, 1.82) is 0 Å². The zero-order valence-corrected chi connectivity index (χ0v) is 9.76. The molecular weight excluding hydrogens is 244 g/mol. The maximum absolute atomic E-state index is 11.8. The van der Waals surface area contributed by atoms with Gasteiger partial charge in [0.15, 0.2) is 0 Å². The monoisotopic (exact) mass is 254 g/mol. The number of carbonyl (C=O) groups is 1. The highest BCUT2D eigenvalue weighted by Gasteiger charge is 2.33. The lowest BCUT2D eigenvalue weighted by Crippen LogP contribution is -2.25. The maximum Gasteiger partial charge on any atom is 0.292 e. The number of hydrogen-bond acceptors (Lipinski definition) is 3. The second kappa shape index (κ2) is 4.71. The normalized spacial score (nSPS) is 19.7. The number of rotatable bonds is 3. The van der Waals surface area contributed by atoms with Crippen molar-refractivity contribution in [1.82, 2.24) is 0 Å². The minimum absolute atomic E-state index is 0.0453. The molecule has 1 amide bonds. The first kappa shape index (κ1) is 11.9. The van der Waals surface area contributed by atoms with Crippen molar-refractivity contribution >= 4 is 28.9 Å². The number of anilines is 1. The molecule has 1 aromatic carbocycles. The summed E-state index contributed by atoms with van der Waals surface area (Å²) < 4.78 is 0. The van der Waals surface area contributed by atoms with Gasteiger partial charge in [-0.15, -0.1) is 11.6 Å². The Balaban J connectivity index is 2.35. The molecule has 0 saturated carbocycles. The molecule has 1 aromatic rings. The van der Waals surface area contributed by atoms with E-state index in [1.54, 1.807) is 18.2 Å². The summed E-state index contributed by atoms with van der Waals surface area (Å²) >= 11 is 5.72. The highest BCUT2D eigenvalue weighted by molar-refractivity contribution is 6.18. The number of nitrogens with zero attached hydrogens (tertiary/aromatic N) is 2. The molecule has 17 heavy (non-hydrogen) atoms. The van der Waals surface area contributed by atoms with Crippen LogP contribution in [0.5, 0.6) is 0 Å². The quantitative estimate of drug-likeness (QED) is 0.472. The van der Waals surface area contributed by atoms with Crippen LogP contribution in [-0.4, -0.2) is 23.3 Å². The Morgan fingerprint density at radius 2 is 2.18 bits per heavy atom. The van der Waals surface area contributed by atoms with Gasteiger partial charge in [0.25, 0.3) is 5.69 Å². The summed E-state index contributed by atoms with van der Waals surface area (Å²) in [6.45, 7) is 0.452. The summed E-state index contributed by atoms with van der Waals surface area (Å²) in [4.78, 5) is 23.6. The molecule has 90 valence electrons. The number of para-hydroxylation sites is 2. The van der Waals surface area contributed by atoms with Crippen molar-refractivity contribution < 1.29 is 9.72 Å². The number of nitro benzene ring substituents is 1. The highest BCUT2D eigenvalue weighted by atomic mass is 35.5. The minimum Gasteiger partial charge on any atom is -0.306 e. The van der Waals surface area contributed by atoms with E-state index in [4.69, 9.17) is 11.6 Å². The summed E-state index contributed by atoms with van der Waals surface area (Å²) in [5.41, 5.74) is 0.311. The number of carbonyl (C=O) groups excluding carboxylic acids is 1. The zero-order chi connectivity index (χ0) is 12.4. The van der Waals surface area contributed by atoms with Gasteiger partial charge in [0.2, 0.25) is 5.91 Å². The molecular formula is C11H11ClN2O3. The molecule has 6 heteroatoms. The van der Waals surface area contributed by atoms with Crippen LogP contribution in [0, 0.1) is 16.0 Å². The Labute approximate surface area is 103 Å². The number of benzene rings is 1. The molecule has 1 unspecified atom stereocenters. The van der Waals surface area contributed by atoms with Gasteiger partial charge in [0.05, 0.1) is 4.92 Å². The molecule has 0 spiro atoms. The Kier molecular flexibility index (Phi) is 3.28. The Hall–Kier alpha value is -1.62. The number of halogens is 1. The standard InChI is InChI=1S/C11H11ClN2O3/c12-6-8-5-11(15)13(7-8)9-3-1-2-4-10(9)14(16)17/h1-4,8H,5-7H2. The van der Waals surface area contributed by atoms with Gasteiger partial charge in [0, 0.05) is 24.9 Å². The van der Waals surface area contributed by atoms with Crippen molar-refractivity contribution in [2.75, 3.05) is 17.3 Å². The highest BCUT2D eigenvalue weighted by Crippen LogP contribution is 2.32. The van der Waals surface area contributed by atoms with E-state index < -0.39 is 4.92 Å². The van der Waals surface area contributed by atoms with Gasteiger partial charge in [-0.05, 0) is 12.0 Å². The van der Waals surface area contributed by atoms with E-state index in [1.165, 1.54) is 11.0 Å². The molecule has 1 saturated heterocycles. The van der Waals surface area contributed by atoms with Crippen LogP contribution in [0.4, 0.5) is 11.4 Å². The van der Waals surface area contributed by atoms with Gasteiger partial charge in [-0.2, -0.15) is 0 Å². The Bertz CT molecular complexity index is 464. The van der Waals surface area contributed by atoms with E-state index in [-0.39, 0.29) is 17.5 Å². The molecule has 2 rings (SSSR count). The van der Waals surface area contributed by atoms with E-state index in [0.29, 0.717) is 24.5 Å².